The van der Waals surface area contributed by atoms with E-state index in [9.17, 15) is 0 Å². The molecule has 0 unspecified atom stereocenters. The van der Waals surface area contributed by atoms with Gasteiger partial charge >= 0.3 is 0 Å². The lowest BCUT2D eigenvalue weighted by molar-refractivity contribution is 0.590. The van der Waals surface area contributed by atoms with Crippen molar-refractivity contribution in [3.05, 3.63) is 253 Å². The summed E-state index contributed by atoms with van der Waals surface area (Å²) in [7, 11) is 0. The monoisotopic (exact) mass is 1030 g/mol. The minimum atomic E-state index is 0.0176. The van der Waals surface area contributed by atoms with Gasteiger partial charge in [0.2, 0.25) is 0 Å². The summed E-state index contributed by atoms with van der Waals surface area (Å²) in [6, 6.07) is 86.6. The third-order valence-electron chi connectivity index (χ3n) is 17.3. The normalized spacial score (nSPS) is 12.5. The topological polar surface area (TPSA) is 15.3 Å². The lowest BCUT2D eigenvalue weighted by Crippen LogP contribution is -2.14. The van der Waals surface area contributed by atoms with Crippen molar-refractivity contribution in [1.82, 2.24) is 8.80 Å². The van der Waals surface area contributed by atoms with Crippen molar-refractivity contribution in [1.29, 1.82) is 0 Å². The first kappa shape index (κ1) is 47.8. The molecule has 0 aliphatic rings. The van der Waals surface area contributed by atoms with Gasteiger partial charge in [-0.3, -0.25) is 0 Å². The van der Waals surface area contributed by atoms with Crippen LogP contribution in [0.4, 0.5) is 34.1 Å². The second-order valence-electron chi connectivity index (χ2n) is 24.2. The Morgan fingerprint density at radius 2 is 0.675 bits per heavy atom. The standard InChI is InChI=1S/C76H62N4/c1-47-21-19-31-63(69(47)49-23-11-9-12-24-49)77(53-37-33-51(34-38-53)75(3,4)5)65-43-41-55-59-45-68-60(46-67(59)79-61-29-17-15-27-57(61)71(65)73(55)79)56-42-44-66(72-58-28-16-18-30-62(58)80(68)74(56)72)78(54-39-35-52(36-40-54)76(6,7)8)64-32-20-22-48(2)70(64)50-25-13-10-14-26-50/h9-46H,1-8H3. The molecule has 15 aromatic rings. The Labute approximate surface area is 467 Å². The molecule has 0 amide bonds. The third-order valence-corrected chi connectivity index (χ3v) is 17.3. The maximum absolute atomic E-state index is 2.57. The summed E-state index contributed by atoms with van der Waals surface area (Å²) in [4.78, 5) is 5.05. The largest absolute Gasteiger partial charge is 0.309 e. The molecule has 4 heteroatoms. The molecule has 0 bridgehead atoms. The molecule has 11 aromatic carbocycles. The number of hydrogen-bond acceptors (Lipinski definition) is 2. The lowest BCUT2D eigenvalue weighted by Gasteiger charge is -2.30. The molecular weight excluding hydrogens is 969 g/mol. The van der Waals surface area contributed by atoms with Crippen molar-refractivity contribution in [3.63, 3.8) is 0 Å². The van der Waals surface area contributed by atoms with E-state index in [0.29, 0.717) is 0 Å². The predicted octanol–water partition coefficient (Wildman–Crippen LogP) is 21.5. The van der Waals surface area contributed by atoms with E-state index in [1.807, 2.05) is 0 Å². The molecule has 0 radical (unpaired) electrons. The highest BCUT2D eigenvalue weighted by Crippen LogP contribution is 2.53. The Balaban J connectivity index is 1.01. The van der Waals surface area contributed by atoms with Gasteiger partial charge in [0, 0.05) is 65.6 Å². The Bertz CT molecular complexity index is 4580. The van der Waals surface area contributed by atoms with Gasteiger partial charge in [-0.2, -0.15) is 0 Å². The van der Waals surface area contributed by atoms with Crippen LogP contribution in [0.2, 0.25) is 0 Å². The summed E-state index contributed by atoms with van der Waals surface area (Å²) in [5, 5.41) is 9.95. The van der Waals surface area contributed by atoms with E-state index in [0.717, 1.165) is 34.1 Å². The van der Waals surface area contributed by atoms with E-state index in [1.54, 1.807) is 0 Å². The minimum Gasteiger partial charge on any atom is -0.309 e. The molecule has 0 saturated heterocycles. The van der Waals surface area contributed by atoms with Crippen LogP contribution in [-0.2, 0) is 10.8 Å². The fourth-order valence-electron chi connectivity index (χ4n) is 13.5. The lowest BCUT2D eigenvalue weighted by atomic mass is 9.87. The summed E-state index contributed by atoms with van der Waals surface area (Å²) in [5.41, 5.74) is 24.2. The molecule has 0 atom stereocenters. The minimum absolute atomic E-state index is 0.0176. The van der Waals surface area contributed by atoms with Gasteiger partial charge in [-0.1, -0.05) is 199 Å². The fourth-order valence-corrected chi connectivity index (χ4v) is 13.5. The van der Waals surface area contributed by atoms with Crippen molar-refractivity contribution in [2.75, 3.05) is 9.80 Å². The summed E-state index contributed by atoms with van der Waals surface area (Å²) in [6.45, 7) is 18.2. The van der Waals surface area contributed by atoms with Crippen LogP contribution < -0.4 is 9.80 Å². The quantitative estimate of drug-likeness (QED) is 0.151. The van der Waals surface area contributed by atoms with E-state index in [2.05, 4.69) is 305 Å². The number of hydrogen-bond donors (Lipinski definition) is 0. The molecule has 4 aromatic heterocycles. The zero-order valence-corrected chi connectivity index (χ0v) is 46.7. The molecule has 0 N–H and O–H groups in total. The van der Waals surface area contributed by atoms with Gasteiger partial charge < -0.3 is 18.6 Å². The number of aryl methyl sites for hydroxylation is 2. The number of anilines is 6. The molecule has 0 aliphatic heterocycles. The number of aromatic nitrogens is 2. The third kappa shape index (κ3) is 7.07. The Morgan fingerprint density at radius 1 is 0.300 bits per heavy atom. The number of para-hydroxylation sites is 2. The van der Waals surface area contributed by atoms with Crippen LogP contribution in [-0.4, -0.2) is 8.80 Å². The van der Waals surface area contributed by atoms with Gasteiger partial charge in [0.05, 0.1) is 55.8 Å². The van der Waals surface area contributed by atoms with Gasteiger partial charge in [0.15, 0.2) is 0 Å². The molecule has 80 heavy (non-hydrogen) atoms. The van der Waals surface area contributed by atoms with Crippen LogP contribution in [0, 0.1) is 13.8 Å². The smallest absolute Gasteiger partial charge is 0.0641 e. The van der Waals surface area contributed by atoms with E-state index in [4.69, 9.17) is 0 Å². The zero-order valence-electron chi connectivity index (χ0n) is 46.7. The van der Waals surface area contributed by atoms with Gasteiger partial charge in [0.25, 0.3) is 0 Å². The zero-order chi connectivity index (χ0) is 54.3. The van der Waals surface area contributed by atoms with E-state index >= 15 is 0 Å². The summed E-state index contributed by atoms with van der Waals surface area (Å²) in [6.07, 6.45) is 0. The van der Waals surface area contributed by atoms with Crippen LogP contribution >= 0.6 is 0 Å². The SMILES string of the molecule is Cc1cccc(N(c2ccc(C(C)(C)C)cc2)c2ccc3c4cc5c(cc4n4c6ccccc6c2c34)c2ccc(N(c3ccc(C(C)(C)C)cc3)c3cccc(C)c3-c3ccccc3)c3c4ccccc4n5c23)c1-c1ccccc1. The molecule has 4 heterocycles. The molecule has 386 valence electrons. The summed E-state index contributed by atoms with van der Waals surface area (Å²) >= 11 is 0. The molecule has 0 aliphatic carbocycles. The number of benzene rings is 11. The average Bonchev–Trinajstić information content (AvgIpc) is 2.84. The van der Waals surface area contributed by atoms with E-state index in [-0.39, 0.29) is 10.8 Å². The number of nitrogens with zero attached hydrogens (tertiary/aromatic N) is 4. The first-order chi connectivity index (χ1) is 38.8. The van der Waals surface area contributed by atoms with Crippen molar-refractivity contribution < 1.29 is 0 Å². The van der Waals surface area contributed by atoms with Crippen LogP contribution in [0.1, 0.15) is 63.8 Å². The van der Waals surface area contributed by atoms with Crippen molar-refractivity contribution in [2.45, 2.75) is 66.2 Å². The molecule has 0 spiro atoms. The predicted molar refractivity (Wildman–Crippen MR) is 343 cm³/mol. The van der Waals surface area contributed by atoms with Crippen molar-refractivity contribution >= 4 is 110 Å². The van der Waals surface area contributed by atoms with Gasteiger partial charge in [-0.15, -0.1) is 0 Å². The Kier molecular flexibility index (Phi) is 10.5. The Morgan fingerprint density at radius 3 is 1.06 bits per heavy atom. The van der Waals surface area contributed by atoms with E-state index < -0.39 is 0 Å². The average molecular weight is 1030 g/mol. The molecule has 15 rings (SSSR count). The van der Waals surface area contributed by atoms with Crippen molar-refractivity contribution in [2.24, 2.45) is 0 Å². The first-order valence-corrected chi connectivity index (χ1v) is 28.3. The molecule has 0 saturated carbocycles. The fraction of sp³-hybridized carbons (Fsp3) is 0.132. The van der Waals surface area contributed by atoms with Crippen molar-refractivity contribution in [3.8, 4) is 22.3 Å². The Hall–Kier alpha value is -9.38. The molecule has 0 fully saturated rings. The van der Waals surface area contributed by atoms with Crippen LogP contribution in [0.25, 0.3) is 98.4 Å². The van der Waals surface area contributed by atoms with Crippen LogP contribution in [0.3, 0.4) is 0 Å². The second kappa shape index (κ2) is 17.6. The van der Waals surface area contributed by atoms with Crippen LogP contribution in [0.5, 0.6) is 0 Å². The van der Waals surface area contributed by atoms with Gasteiger partial charge in [-0.05, 0) is 131 Å². The maximum Gasteiger partial charge on any atom is 0.0641 e. The number of rotatable bonds is 8. The number of fused-ring (bicyclic) bond motifs is 12. The molecular formula is C76H62N4. The summed E-state index contributed by atoms with van der Waals surface area (Å²) in [5.74, 6) is 0. The maximum atomic E-state index is 2.57. The highest BCUT2D eigenvalue weighted by atomic mass is 15.2. The summed E-state index contributed by atoms with van der Waals surface area (Å²) < 4.78 is 5.13. The van der Waals surface area contributed by atoms with Gasteiger partial charge in [0.1, 0.15) is 0 Å². The highest BCUT2D eigenvalue weighted by Gasteiger charge is 2.30. The van der Waals surface area contributed by atoms with Crippen LogP contribution in [0.15, 0.2) is 231 Å². The first-order valence-electron chi connectivity index (χ1n) is 28.3. The molecule has 4 nitrogen and oxygen atoms in total. The van der Waals surface area contributed by atoms with Gasteiger partial charge in [-0.25, -0.2) is 0 Å². The second-order valence-corrected chi connectivity index (χ2v) is 24.2. The highest BCUT2D eigenvalue weighted by molar-refractivity contribution is 6.32. The van der Waals surface area contributed by atoms with E-state index in [1.165, 1.54) is 121 Å².